The zero-order valence-corrected chi connectivity index (χ0v) is 12.9. The summed E-state index contributed by atoms with van der Waals surface area (Å²) < 4.78 is 0. The second-order valence-electron chi connectivity index (χ2n) is 4.45. The zero-order valence-electron chi connectivity index (χ0n) is 10.1. The molecule has 7 heteroatoms. The van der Waals surface area contributed by atoms with Crippen LogP contribution in [0, 0.1) is 5.92 Å². The fraction of sp³-hybridized carbons (Fsp3) is 0.700. The van der Waals surface area contributed by atoms with Crippen molar-refractivity contribution >= 4 is 18.1 Å². The van der Waals surface area contributed by atoms with E-state index in [4.69, 9.17) is 0 Å². The SMILES string of the molecule is CNC1(C)C(=O)N2CC(C)C([C-]=O)N2C1=O.[Y+3]. The first kappa shape index (κ1) is 14.7. The Bertz CT molecular complexity index is 376. The van der Waals surface area contributed by atoms with Gasteiger partial charge in [0.1, 0.15) is 0 Å². The number of hydrogen-bond acceptors (Lipinski definition) is 4. The van der Waals surface area contributed by atoms with E-state index in [0.29, 0.717) is 6.54 Å². The second-order valence-corrected chi connectivity index (χ2v) is 4.45. The summed E-state index contributed by atoms with van der Waals surface area (Å²) in [6, 6.07) is -0.647. The van der Waals surface area contributed by atoms with Gasteiger partial charge in [-0.3, -0.25) is 24.9 Å². The molecule has 2 aliphatic rings. The van der Waals surface area contributed by atoms with Gasteiger partial charge in [0.05, 0.1) is 0 Å². The average molecular weight is 313 g/mol. The van der Waals surface area contributed by atoms with Crippen LogP contribution in [0.5, 0.6) is 0 Å². The molecule has 2 fully saturated rings. The number of rotatable bonds is 2. The van der Waals surface area contributed by atoms with Crippen LogP contribution in [0.25, 0.3) is 0 Å². The third-order valence-corrected chi connectivity index (χ3v) is 3.44. The van der Waals surface area contributed by atoms with Gasteiger partial charge in [0.15, 0.2) is 5.54 Å². The first-order valence-electron chi connectivity index (χ1n) is 5.19. The van der Waals surface area contributed by atoms with Gasteiger partial charge in [-0.15, -0.1) is 0 Å². The molecule has 88 valence electrons. The maximum atomic E-state index is 12.1. The Balaban J connectivity index is 0.00000144. The van der Waals surface area contributed by atoms with Crippen molar-refractivity contribution in [3.05, 3.63) is 0 Å². The van der Waals surface area contributed by atoms with Gasteiger partial charge in [-0.25, -0.2) is 6.29 Å². The van der Waals surface area contributed by atoms with Crippen molar-refractivity contribution in [2.45, 2.75) is 25.4 Å². The summed E-state index contributed by atoms with van der Waals surface area (Å²) in [5.41, 5.74) is -1.24. The first-order valence-corrected chi connectivity index (χ1v) is 5.19. The van der Waals surface area contributed by atoms with E-state index < -0.39 is 11.6 Å². The van der Waals surface area contributed by atoms with Crippen LogP contribution in [0.4, 0.5) is 0 Å². The summed E-state index contributed by atoms with van der Waals surface area (Å²) in [6.07, 6.45) is 1.83. The van der Waals surface area contributed by atoms with Crippen molar-refractivity contribution in [2.24, 2.45) is 5.92 Å². The maximum Gasteiger partial charge on any atom is 3.00 e. The number of carbonyl (C=O) groups is 2. The Morgan fingerprint density at radius 2 is 2.00 bits per heavy atom. The van der Waals surface area contributed by atoms with Crippen LogP contribution < -0.4 is 5.32 Å². The molecule has 3 atom stereocenters. The van der Waals surface area contributed by atoms with Crippen molar-refractivity contribution in [3.8, 4) is 0 Å². The van der Waals surface area contributed by atoms with Crippen LogP contribution in [0.3, 0.4) is 0 Å². The van der Waals surface area contributed by atoms with Gasteiger partial charge in [0, 0.05) is 6.54 Å². The van der Waals surface area contributed by atoms with Crippen molar-refractivity contribution in [1.29, 1.82) is 0 Å². The van der Waals surface area contributed by atoms with Crippen molar-refractivity contribution < 1.29 is 47.1 Å². The molecular formula is C10H14N3O3Y+2. The fourth-order valence-corrected chi connectivity index (χ4v) is 2.23. The summed E-state index contributed by atoms with van der Waals surface area (Å²) in [4.78, 5) is 34.9. The minimum atomic E-state index is -1.24. The van der Waals surface area contributed by atoms with Crippen LogP contribution in [0.2, 0.25) is 0 Å². The zero-order chi connectivity index (χ0) is 12.1. The van der Waals surface area contributed by atoms with E-state index in [0.717, 1.165) is 0 Å². The van der Waals surface area contributed by atoms with Gasteiger partial charge >= 0.3 is 32.7 Å². The molecule has 0 aromatic rings. The molecule has 0 spiro atoms. The molecule has 1 N–H and O–H groups in total. The monoisotopic (exact) mass is 313 g/mol. The molecule has 2 saturated heterocycles. The average Bonchev–Trinajstić information content (AvgIpc) is 2.69. The molecule has 3 unspecified atom stereocenters. The number of amides is 2. The van der Waals surface area contributed by atoms with Crippen LogP contribution in [-0.4, -0.2) is 53.3 Å². The Morgan fingerprint density at radius 3 is 2.47 bits per heavy atom. The molecule has 0 saturated carbocycles. The quantitative estimate of drug-likeness (QED) is 0.507. The van der Waals surface area contributed by atoms with E-state index >= 15 is 0 Å². The third-order valence-electron chi connectivity index (χ3n) is 3.44. The van der Waals surface area contributed by atoms with Gasteiger partial charge in [-0.1, -0.05) is 6.92 Å². The topological polar surface area (TPSA) is 69.7 Å². The molecule has 17 heavy (non-hydrogen) atoms. The summed E-state index contributed by atoms with van der Waals surface area (Å²) >= 11 is 0. The van der Waals surface area contributed by atoms with E-state index in [1.807, 2.05) is 13.2 Å². The summed E-state index contributed by atoms with van der Waals surface area (Å²) in [7, 11) is 1.56. The van der Waals surface area contributed by atoms with E-state index in [9.17, 15) is 14.4 Å². The van der Waals surface area contributed by atoms with E-state index in [1.54, 1.807) is 7.05 Å². The molecule has 0 bridgehead atoms. The van der Waals surface area contributed by atoms with Crippen molar-refractivity contribution in [3.63, 3.8) is 0 Å². The van der Waals surface area contributed by atoms with Crippen LogP contribution >= 0.6 is 0 Å². The van der Waals surface area contributed by atoms with Gasteiger partial charge < -0.3 is 4.79 Å². The van der Waals surface area contributed by atoms with Crippen LogP contribution in [-0.2, 0) is 47.1 Å². The Morgan fingerprint density at radius 1 is 1.41 bits per heavy atom. The van der Waals surface area contributed by atoms with Gasteiger partial charge in [0.25, 0.3) is 11.8 Å². The Hall–Kier alpha value is -0.326. The van der Waals surface area contributed by atoms with Gasteiger partial charge in [0.2, 0.25) is 0 Å². The van der Waals surface area contributed by atoms with Crippen LogP contribution in [0.15, 0.2) is 0 Å². The summed E-state index contributed by atoms with van der Waals surface area (Å²) in [5.74, 6) is -0.742. The molecule has 0 aromatic carbocycles. The van der Waals surface area contributed by atoms with E-state index in [1.165, 1.54) is 16.9 Å². The van der Waals surface area contributed by atoms with Crippen molar-refractivity contribution in [2.75, 3.05) is 13.6 Å². The predicted molar refractivity (Wildman–Crippen MR) is 54.7 cm³/mol. The molecule has 2 heterocycles. The Kier molecular flexibility index (Phi) is 4.11. The van der Waals surface area contributed by atoms with E-state index in [2.05, 4.69) is 5.32 Å². The predicted octanol–water partition coefficient (Wildman–Crippen LogP) is -1.32. The molecule has 0 radical (unpaired) electrons. The molecular weight excluding hydrogens is 299 g/mol. The molecule has 2 rings (SSSR count). The number of carbonyl (C=O) groups excluding carboxylic acids is 3. The van der Waals surface area contributed by atoms with Crippen LogP contribution in [0.1, 0.15) is 13.8 Å². The molecule has 0 aliphatic carbocycles. The molecule has 2 aliphatic heterocycles. The summed E-state index contributed by atoms with van der Waals surface area (Å²) in [6.45, 7) is 3.75. The largest absolute Gasteiger partial charge is 3.00 e. The van der Waals surface area contributed by atoms with Gasteiger partial charge in [-0.2, -0.15) is 0 Å². The van der Waals surface area contributed by atoms with Gasteiger partial charge in [-0.05, 0) is 25.9 Å². The van der Waals surface area contributed by atoms with E-state index in [-0.39, 0.29) is 50.4 Å². The number of hydrogen-bond donors (Lipinski definition) is 1. The minimum absolute atomic E-state index is 0. The standard InChI is InChI=1S/C10H14N3O3.Y/c1-6-4-12-8(15)10(2,11-3)9(16)13(12)7(6)5-14;/h6-7,11H,4H2,1-3H3;/q-1;+3. The normalized spacial score (nSPS) is 35.9. The minimum Gasteiger partial charge on any atom is -0.540 e. The fourth-order valence-electron chi connectivity index (χ4n) is 2.23. The number of fused-ring (bicyclic) bond motifs is 1. The number of nitrogens with zero attached hydrogens (tertiary/aromatic N) is 2. The first-order chi connectivity index (χ1) is 7.47. The summed E-state index contributed by atoms with van der Waals surface area (Å²) in [5, 5.41) is 5.29. The molecule has 2 amide bonds. The van der Waals surface area contributed by atoms with Crippen molar-refractivity contribution in [1.82, 2.24) is 15.3 Å². The maximum absolute atomic E-state index is 12.1. The number of likely N-dealkylation sites (N-methyl/N-ethyl adjacent to an activating group) is 1. The number of hydrazine groups is 1. The number of nitrogens with one attached hydrogen (secondary N) is 1. The second kappa shape index (κ2) is 4.74. The smallest absolute Gasteiger partial charge is 0.540 e. The molecule has 6 nitrogen and oxygen atoms in total. The Labute approximate surface area is 125 Å². The molecule has 0 aromatic heterocycles. The third kappa shape index (κ3) is 1.77.